The molecule has 0 radical (unpaired) electrons. The number of carbonyl (C=O) groups excluding carboxylic acids is 2. The molecule has 0 fully saturated rings. The van der Waals surface area contributed by atoms with Crippen LogP contribution < -0.4 is 10.6 Å². The summed E-state index contributed by atoms with van der Waals surface area (Å²) in [6.07, 6.45) is 0. The second-order valence-electron chi connectivity index (χ2n) is 4.15. The number of urea groups is 1. The van der Waals surface area contributed by atoms with Crippen LogP contribution in [0.1, 0.15) is 25.5 Å². The highest BCUT2D eigenvalue weighted by Gasteiger charge is 2.30. The molecule has 2 N–H and O–H groups in total. The second-order valence-corrected chi connectivity index (χ2v) is 4.15. The van der Waals surface area contributed by atoms with Crippen LogP contribution in [0.25, 0.3) is 0 Å². The Kier molecular flexibility index (Phi) is 3.14. The van der Waals surface area contributed by atoms with Gasteiger partial charge in [-0.1, -0.05) is 18.2 Å². The van der Waals surface area contributed by atoms with E-state index in [9.17, 15) is 14.0 Å². The Morgan fingerprint density at radius 1 is 1.33 bits per heavy atom. The highest BCUT2D eigenvalue weighted by atomic mass is 19.1. The fourth-order valence-corrected chi connectivity index (χ4v) is 2.10. The van der Waals surface area contributed by atoms with E-state index in [2.05, 4.69) is 10.6 Å². The lowest BCUT2D eigenvalue weighted by Gasteiger charge is -2.28. The van der Waals surface area contributed by atoms with Crippen LogP contribution in [0.3, 0.4) is 0 Å². The molecule has 2 amide bonds. The van der Waals surface area contributed by atoms with Crippen LogP contribution in [0.2, 0.25) is 0 Å². The number of nitrogens with one attached hydrogen (secondary N) is 2. The largest absolute Gasteiger partial charge is 0.327 e. The molecule has 4 nitrogen and oxygen atoms in total. The fraction of sp³-hybridized carbons (Fsp3) is 0.231. The van der Waals surface area contributed by atoms with Crippen LogP contribution in [-0.4, -0.2) is 11.8 Å². The molecule has 1 atom stereocenters. The van der Waals surface area contributed by atoms with Crippen LogP contribution in [-0.2, 0) is 4.79 Å². The van der Waals surface area contributed by atoms with Gasteiger partial charge in [0.25, 0.3) is 0 Å². The third-order valence-corrected chi connectivity index (χ3v) is 2.86. The van der Waals surface area contributed by atoms with Crippen molar-refractivity contribution in [3.05, 3.63) is 46.9 Å². The average Bonchev–Trinajstić information content (AvgIpc) is 2.27. The van der Waals surface area contributed by atoms with Gasteiger partial charge in [-0.25, -0.2) is 9.18 Å². The summed E-state index contributed by atoms with van der Waals surface area (Å²) in [5.41, 5.74) is 1.12. The number of allylic oxidation sites excluding steroid dienone is 1. The summed E-state index contributed by atoms with van der Waals surface area (Å²) >= 11 is 0. The normalized spacial score (nSPS) is 19.3. The summed E-state index contributed by atoms with van der Waals surface area (Å²) in [6.45, 7) is 3.02. The highest BCUT2D eigenvalue weighted by Crippen LogP contribution is 2.28. The van der Waals surface area contributed by atoms with Crippen LogP contribution in [0, 0.1) is 5.82 Å². The van der Waals surface area contributed by atoms with Crippen molar-refractivity contribution in [2.75, 3.05) is 0 Å². The van der Waals surface area contributed by atoms with E-state index in [1.54, 1.807) is 25.1 Å². The number of benzene rings is 1. The molecule has 1 aliphatic heterocycles. The second kappa shape index (κ2) is 4.60. The van der Waals surface area contributed by atoms with E-state index >= 15 is 0 Å². The summed E-state index contributed by atoms with van der Waals surface area (Å²) in [4.78, 5) is 23.1. The first-order valence-electron chi connectivity index (χ1n) is 5.54. The molecule has 1 aromatic carbocycles. The van der Waals surface area contributed by atoms with Gasteiger partial charge >= 0.3 is 6.03 Å². The van der Waals surface area contributed by atoms with Gasteiger partial charge < -0.3 is 10.6 Å². The first kappa shape index (κ1) is 12.3. The number of ketones is 1. The van der Waals surface area contributed by atoms with Crippen molar-refractivity contribution >= 4 is 11.8 Å². The first-order valence-corrected chi connectivity index (χ1v) is 5.54. The van der Waals surface area contributed by atoms with Crippen LogP contribution in [0.4, 0.5) is 9.18 Å². The van der Waals surface area contributed by atoms with Crippen molar-refractivity contribution < 1.29 is 14.0 Å². The zero-order chi connectivity index (χ0) is 13.3. The first-order chi connectivity index (χ1) is 8.50. The molecule has 0 aliphatic carbocycles. The van der Waals surface area contributed by atoms with Crippen molar-refractivity contribution in [1.82, 2.24) is 10.6 Å². The molecule has 18 heavy (non-hydrogen) atoms. The van der Waals surface area contributed by atoms with E-state index in [1.165, 1.54) is 13.0 Å². The highest BCUT2D eigenvalue weighted by molar-refractivity contribution is 5.98. The molecule has 0 unspecified atom stereocenters. The summed E-state index contributed by atoms with van der Waals surface area (Å²) in [7, 11) is 0. The molecule has 0 saturated carbocycles. The minimum Gasteiger partial charge on any atom is -0.327 e. The maximum Gasteiger partial charge on any atom is 0.319 e. The molecule has 1 aliphatic rings. The van der Waals surface area contributed by atoms with Crippen molar-refractivity contribution in [2.45, 2.75) is 19.9 Å². The third kappa shape index (κ3) is 2.11. The van der Waals surface area contributed by atoms with Gasteiger partial charge in [0.05, 0.1) is 6.04 Å². The Labute approximate surface area is 104 Å². The number of carbonyl (C=O) groups is 2. The summed E-state index contributed by atoms with van der Waals surface area (Å²) in [6, 6.07) is 4.91. The smallest absolute Gasteiger partial charge is 0.319 e. The molecular formula is C13H13FN2O2. The van der Waals surface area contributed by atoms with Crippen molar-refractivity contribution in [3.63, 3.8) is 0 Å². The number of hydrogen-bond donors (Lipinski definition) is 2. The van der Waals surface area contributed by atoms with Crippen molar-refractivity contribution in [1.29, 1.82) is 0 Å². The molecule has 5 heteroatoms. The Balaban J connectivity index is 2.54. The Hall–Kier alpha value is -2.17. The zero-order valence-corrected chi connectivity index (χ0v) is 10.1. The van der Waals surface area contributed by atoms with E-state index in [-0.39, 0.29) is 11.3 Å². The SMILES string of the molecule is CC(=O)C1=C(C)NC(=O)N[C@@H]1c1ccccc1F. The van der Waals surface area contributed by atoms with Gasteiger partial charge in [0.15, 0.2) is 5.78 Å². The Bertz CT molecular complexity index is 552. The fourth-order valence-electron chi connectivity index (χ4n) is 2.10. The lowest BCUT2D eigenvalue weighted by molar-refractivity contribution is -0.114. The minimum atomic E-state index is -0.738. The Morgan fingerprint density at radius 2 is 2.00 bits per heavy atom. The van der Waals surface area contributed by atoms with Crippen molar-refractivity contribution in [3.8, 4) is 0 Å². The van der Waals surface area contributed by atoms with Gasteiger partial charge in [-0.05, 0) is 19.9 Å². The van der Waals surface area contributed by atoms with Crippen LogP contribution in [0.15, 0.2) is 35.5 Å². The zero-order valence-electron chi connectivity index (χ0n) is 10.1. The van der Waals surface area contributed by atoms with Gasteiger partial charge in [-0.3, -0.25) is 4.79 Å². The summed E-state index contributed by atoms with van der Waals surface area (Å²) in [5, 5.41) is 5.08. The molecule has 0 aromatic heterocycles. The number of Topliss-reactive ketones (excluding diaryl/α,β-unsaturated/α-hetero) is 1. The predicted octanol–water partition coefficient (Wildman–Crippen LogP) is 2.04. The van der Waals surface area contributed by atoms with Crippen molar-refractivity contribution in [2.24, 2.45) is 0 Å². The van der Waals surface area contributed by atoms with Crippen LogP contribution >= 0.6 is 0 Å². The maximum atomic E-state index is 13.8. The van der Waals surface area contributed by atoms with Gasteiger partial charge in [0, 0.05) is 16.8 Å². The monoisotopic (exact) mass is 248 g/mol. The topological polar surface area (TPSA) is 58.2 Å². The van der Waals surface area contributed by atoms with E-state index in [4.69, 9.17) is 0 Å². The molecule has 1 aromatic rings. The van der Waals surface area contributed by atoms with Gasteiger partial charge in [0.1, 0.15) is 5.82 Å². The number of rotatable bonds is 2. The van der Waals surface area contributed by atoms with Gasteiger partial charge in [-0.15, -0.1) is 0 Å². The van der Waals surface area contributed by atoms with Crippen LogP contribution in [0.5, 0.6) is 0 Å². The van der Waals surface area contributed by atoms with E-state index in [0.29, 0.717) is 11.3 Å². The molecule has 1 heterocycles. The lowest BCUT2D eigenvalue weighted by Crippen LogP contribution is -2.45. The van der Waals surface area contributed by atoms with E-state index in [0.717, 1.165) is 0 Å². The number of halogens is 1. The average molecular weight is 248 g/mol. The lowest BCUT2D eigenvalue weighted by atomic mass is 9.93. The standard InChI is InChI=1S/C13H13FN2O2/c1-7-11(8(2)17)12(16-13(18)15-7)9-5-3-4-6-10(9)14/h3-6,12H,1-2H3,(H2,15,16,18)/t12-/m1/s1. The molecule has 2 rings (SSSR count). The number of hydrogen-bond acceptors (Lipinski definition) is 2. The van der Waals surface area contributed by atoms with E-state index in [1.807, 2.05) is 0 Å². The number of amides is 2. The van der Waals surface area contributed by atoms with E-state index < -0.39 is 17.9 Å². The molecular weight excluding hydrogens is 235 g/mol. The van der Waals surface area contributed by atoms with Gasteiger partial charge in [0.2, 0.25) is 0 Å². The minimum absolute atomic E-state index is 0.201. The molecule has 0 bridgehead atoms. The summed E-state index contributed by atoms with van der Waals surface area (Å²) < 4.78 is 13.8. The Morgan fingerprint density at radius 3 is 2.61 bits per heavy atom. The third-order valence-electron chi connectivity index (χ3n) is 2.86. The molecule has 94 valence electrons. The predicted molar refractivity (Wildman–Crippen MR) is 64.2 cm³/mol. The molecule has 0 saturated heterocycles. The maximum absolute atomic E-state index is 13.8. The quantitative estimate of drug-likeness (QED) is 0.841. The summed E-state index contributed by atoms with van der Waals surface area (Å²) in [5.74, 6) is -0.649. The molecule has 0 spiro atoms. The van der Waals surface area contributed by atoms with Gasteiger partial charge in [-0.2, -0.15) is 0 Å².